The second kappa shape index (κ2) is 6.77. The third-order valence-corrected chi connectivity index (χ3v) is 3.76. The first-order valence-electron chi connectivity index (χ1n) is 6.01. The summed E-state index contributed by atoms with van der Waals surface area (Å²) in [5.41, 5.74) is 1.20. The highest BCUT2D eigenvalue weighted by molar-refractivity contribution is 6.35. The Morgan fingerprint density at radius 3 is 2.05 bits per heavy atom. The zero-order valence-corrected chi connectivity index (χ0v) is 12.7. The first-order chi connectivity index (χ1) is 9.45. The van der Waals surface area contributed by atoms with Crippen molar-refractivity contribution in [2.45, 2.75) is 18.9 Å². The lowest BCUT2D eigenvalue weighted by Gasteiger charge is -2.13. The zero-order valence-electron chi connectivity index (χ0n) is 10.4. The van der Waals surface area contributed by atoms with E-state index in [0.717, 1.165) is 5.56 Å². The SMILES string of the molecule is OC(Cc1ccc(Cl)cc1F)Cc1ccc(Cl)cc1Cl. The molecule has 106 valence electrons. The fraction of sp³-hybridized carbons (Fsp3) is 0.200. The van der Waals surface area contributed by atoms with Crippen molar-refractivity contribution in [3.05, 3.63) is 68.4 Å². The molecule has 0 aliphatic rings. The topological polar surface area (TPSA) is 20.2 Å². The van der Waals surface area contributed by atoms with Crippen LogP contribution < -0.4 is 0 Å². The first-order valence-corrected chi connectivity index (χ1v) is 7.15. The maximum absolute atomic E-state index is 13.6. The molecule has 0 saturated heterocycles. The van der Waals surface area contributed by atoms with Gasteiger partial charge in [-0.25, -0.2) is 4.39 Å². The summed E-state index contributed by atoms with van der Waals surface area (Å²) in [6, 6.07) is 9.49. The normalized spacial score (nSPS) is 12.4. The Morgan fingerprint density at radius 2 is 1.45 bits per heavy atom. The van der Waals surface area contributed by atoms with E-state index in [1.165, 1.54) is 6.07 Å². The van der Waals surface area contributed by atoms with Gasteiger partial charge in [0.2, 0.25) is 0 Å². The van der Waals surface area contributed by atoms with Gasteiger partial charge in [0.15, 0.2) is 0 Å². The van der Waals surface area contributed by atoms with Crippen molar-refractivity contribution in [1.29, 1.82) is 0 Å². The standard InChI is InChI=1S/C15H12Cl3FO/c16-11-3-1-9(14(18)7-11)5-13(20)6-10-2-4-12(17)8-15(10)19/h1-4,7-8,13,20H,5-6H2. The predicted octanol–water partition coefficient (Wildman–Crippen LogP) is 4.93. The number of aliphatic hydroxyl groups excluding tert-OH is 1. The van der Waals surface area contributed by atoms with Crippen molar-refractivity contribution < 1.29 is 9.50 Å². The van der Waals surface area contributed by atoms with E-state index in [1.54, 1.807) is 30.3 Å². The molecule has 0 aliphatic carbocycles. The average Bonchev–Trinajstić information content (AvgIpc) is 2.36. The molecule has 0 spiro atoms. The number of hydrogen-bond donors (Lipinski definition) is 1. The van der Waals surface area contributed by atoms with Crippen LogP contribution in [-0.4, -0.2) is 11.2 Å². The Labute approximate surface area is 131 Å². The van der Waals surface area contributed by atoms with Crippen LogP contribution in [0.4, 0.5) is 4.39 Å². The number of benzene rings is 2. The van der Waals surface area contributed by atoms with Gasteiger partial charge in [-0.05, 0) is 35.4 Å². The van der Waals surface area contributed by atoms with Crippen LogP contribution in [0.1, 0.15) is 11.1 Å². The smallest absolute Gasteiger partial charge is 0.127 e. The van der Waals surface area contributed by atoms with E-state index in [0.29, 0.717) is 27.1 Å². The number of rotatable bonds is 4. The molecule has 0 aliphatic heterocycles. The monoisotopic (exact) mass is 332 g/mol. The molecule has 2 aromatic carbocycles. The lowest BCUT2D eigenvalue weighted by Crippen LogP contribution is -2.15. The molecule has 2 rings (SSSR count). The van der Waals surface area contributed by atoms with Crippen LogP contribution in [0.25, 0.3) is 0 Å². The fourth-order valence-electron chi connectivity index (χ4n) is 1.95. The van der Waals surface area contributed by atoms with Gasteiger partial charge in [-0.1, -0.05) is 46.9 Å². The molecule has 1 atom stereocenters. The van der Waals surface area contributed by atoms with Crippen LogP contribution in [0, 0.1) is 5.82 Å². The Bertz CT molecular complexity index is 563. The third kappa shape index (κ3) is 4.10. The van der Waals surface area contributed by atoms with E-state index in [4.69, 9.17) is 34.8 Å². The van der Waals surface area contributed by atoms with Crippen LogP contribution in [-0.2, 0) is 12.8 Å². The van der Waals surface area contributed by atoms with Crippen molar-refractivity contribution in [1.82, 2.24) is 0 Å². The van der Waals surface area contributed by atoms with Crippen molar-refractivity contribution in [3.8, 4) is 0 Å². The van der Waals surface area contributed by atoms with Gasteiger partial charge in [0.25, 0.3) is 0 Å². The lowest BCUT2D eigenvalue weighted by molar-refractivity contribution is 0.174. The predicted molar refractivity (Wildman–Crippen MR) is 81.3 cm³/mol. The number of hydrogen-bond acceptors (Lipinski definition) is 1. The highest BCUT2D eigenvalue weighted by Crippen LogP contribution is 2.23. The minimum atomic E-state index is -0.732. The summed E-state index contributed by atoms with van der Waals surface area (Å²) in [5.74, 6) is -0.418. The maximum Gasteiger partial charge on any atom is 0.127 e. The Balaban J connectivity index is 2.07. The Morgan fingerprint density at radius 1 is 0.900 bits per heavy atom. The van der Waals surface area contributed by atoms with Gasteiger partial charge >= 0.3 is 0 Å². The van der Waals surface area contributed by atoms with Crippen LogP contribution in [0.3, 0.4) is 0 Å². The van der Waals surface area contributed by atoms with Crippen LogP contribution in [0.2, 0.25) is 15.1 Å². The molecule has 20 heavy (non-hydrogen) atoms. The summed E-state index contributed by atoms with van der Waals surface area (Å²) in [5, 5.41) is 11.4. The van der Waals surface area contributed by atoms with E-state index in [9.17, 15) is 9.50 Å². The minimum Gasteiger partial charge on any atom is -0.392 e. The second-order valence-corrected chi connectivity index (χ2v) is 5.81. The molecule has 0 radical (unpaired) electrons. The molecule has 1 N–H and O–H groups in total. The summed E-state index contributed by atoms with van der Waals surface area (Å²) in [4.78, 5) is 0. The fourth-order valence-corrected chi connectivity index (χ4v) is 2.60. The molecule has 0 saturated carbocycles. The van der Waals surface area contributed by atoms with Gasteiger partial charge in [0.1, 0.15) is 5.82 Å². The van der Waals surface area contributed by atoms with Gasteiger partial charge in [-0.3, -0.25) is 0 Å². The third-order valence-electron chi connectivity index (χ3n) is 2.94. The highest BCUT2D eigenvalue weighted by atomic mass is 35.5. The van der Waals surface area contributed by atoms with Gasteiger partial charge in [-0.15, -0.1) is 0 Å². The Hall–Kier alpha value is -0.800. The summed E-state index contributed by atoms with van der Waals surface area (Å²) >= 11 is 17.5. The van der Waals surface area contributed by atoms with Gasteiger partial charge < -0.3 is 5.11 Å². The van der Waals surface area contributed by atoms with Crippen molar-refractivity contribution in [2.24, 2.45) is 0 Å². The zero-order chi connectivity index (χ0) is 14.7. The van der Waals surface area contributed by atoms with Crippen molar-refractivity contribution >= 4 is 34.8 Å². The molecule has 1 nitrogen and oxygen atoms in total. The van der Waals surface area contributed by atoms with Crippen molar-refractivity contribution in [2.75, 3.05) is 0 Å². The summed E-state index contributed by atoms with van der Waals surface area (Å²) in [7, 11) is 0. The van der Waals surface area contributed by atoms with E-state index < -0.39 is 11.9 Å². The molecule has 0 fully saturated rings. The summed E-state index contributed by atoms with van der Waals surface area (Å²) < 4.78 is 13.6. The second-order valence-electron chi connectivity index (χ2n) is 4.53. The van der Waals surface area contributed by atoms with E-state index in [2.05, 4.69) is 0 Å². The number of halogens is 4. The first kappa shape index (κ1) is 15.6. The average molecular weight is 334 g/mol. The van der Waals surface area contributed by atoms with Gasteiger partial charge in [0, 0.05) is 27.9 Å². The number of aliphatic hydroxyl groups is 1. The highest BCUT2D eigenvalue weighted by Gasteiger charge is 2.12. The molecule has 2 aromatic rings. The molecule has 5 heteroatoms. The quantitative estimate of drug-likeness (QED) is 0.841. The summed E-state index contributed by atoms with van der Waals surface area (Å²) in [6.45, 7) is 0. The van der Waals surface area contributed by atoms with Gasteiger partial charge in [-0.2, -0.15) is 0 Å². The molecule has 0 amide bonds. The maximum atomic E-state index is 13.6. The van der Waals surface area contributed by atoms with Crippen LogP contribution in [0.5, 0.6) is 0 Å². The van der Waals surface area contributed by atoms with E-state index in [-0.39, 0.29) is 6.42 Å². The Kier molecular flexibility index (Phi) is 5.28. The van der Waals surface area contributed by atoms with E-state index >= 15 is 0 Å². The van der Waals surface area contributed by atoms with Gasteiger partial charge in [0.05, 0.1) is 6.10 Å². The summed E-state index contributed by atoms with van der Waals surface area (Å²) in [6.07, 6.45) is -0.204. The molecular weight excluding hydrogens is 322 g/mol. The molecule has 0 bridgehead atoms. The molecule has 1 unspecified atom stereocenters. The van der Waals surface area contributed by atoms with E-state index in [1.807, 2.05) is 0 Å². The van der Waals surface area contributed by atoms with Crippen LogP contribution >= 0.6 is 34.8 Å². The minimum absolute atomic E-state index is 0.196. The molecular formula is C15H12Cl3FO. The van der Waals surface area contributed by atoms with Crippen molar-refractivity contribution in [3.63, 3.8) is 0 Å². The largest absolute Gasteiger partial charge is 0.392 e. The van der Waals surface area contributed by atoms with Crippen LogP contribution in [0.15, 0.2) is 36.4 Å². The molecule has 0 aromatic heterocycles. The lowest BCUT2D eigenvalue weighted by atomic mass is 10.0. The molecule has 0 heterocycles.